The number of thiophene rings is 1. The summed E-state index contributed by atoms with van der Waals surface area (Å²) >= 11 is 1.35. The summed E-state index contributed by atoms with van der Waals surface area (Å²) in [5.41, 5.74) is 0.721. The van der Waals surface area contributed by atoms with Gasteiger partial charge in [-0.25, -0.2) is 4.79 Å². The van der Waals surface area contributed by atoms with E-state index in [1.165, 1.54) is 17.4 Å². The van der Waals surface area contributed by atoms with Gasteiger partial charge in [0.05, 0.1) is 5.56 Å². The lowest BCUT2D eigenvalue weighted by molar-refractivity contribution is -0.131. The number of hydrogen-bond acceptors (Lipinski definition) is 3. The highest BCUT2D eigenvalue weighted by atomic mass is 32.1. The normalized spacial score (nSPS) is 13.4. The van der Waals surface area contributed by atoms with Gasteiger partial charge in [-0.05, 0) is 23.5 Å². The molecule has 0 radical (unpaired) electrons. The zero-order chi connectivity index (χ0) is 15.3. The molecule has 1 heterocycles. The van der Waals surface area contributed by atoms with E-state index >= 15 is 0 Å². The highest BCUT2D eigenvalue weighted by molar-refractivity contribution is 7.11. The predicted octanol–water partition coefficient (Wildman–Crippen LogP) is 3.26. The number of rotatable bonds is 5. The maximum atomic E-state index is 12.0. The third-order valence-electron chi connectivity index (χ3n) is 3.32. The monoisotopic (exact) mass is 295 g/mol. The summed E-state index contributed by atoms with van der Waals surface area (Å²) in [5.74, 6) is -0.743. The second kappa shape index (κ2) is 6.70. The van der Waals surface area contributed by atoms with Crippen LogP contribution in [0.5, 0.6) is 0 Å². The molecule has 20 heavy (non-hydrogen) atoms. The minimum absolute atomic E-state index is 0.118. The van der Waals surface area contributed by atoms with E-state index in [2.05, 4.69) is 33.0 Å². The van der Waals surface area contributed by atoms with Crippen molar-refractivity contribution in [3.05, 3.63) is 28.0 Å². The van der Waals surface area contributed by atoms with Crippen LogP contribution in [0.25, 0.3) is 6.08 Å². The largest absolute Gasteiger partial charge is 0.478 e. The van der Waals surface area contributed by atoms with Crippen molar-refractivity contribution in [2.45, 2.75) is 27.7 Å². The Labute approximate surface area is 123 Å². The Kier molecular flexibility index (Phi) is 5.51. The smallest absolute Gasteiger partial charge is 0.328 e. The molecule has 1 rings (SSSR count). The van der Waals surface area contributed by atoms with E-state index in [-0.39, 0.29) is 11.3 Å². The van der Waals surface area contributed by atoms with Crippen LogP contribution in [0.2, 0.25) is 0 Å². The van der Waals surface area contributed by atoms with E-state index in [1.54, 1.807) is 11.4 Å². The second-order valence-corrected chi connectivity index (χ2v) is 6.83. The van der Waals surface area contributed by atoms with Crippen molar-refractivity contribution in [3.8, 4) is 0 Å². The number of carboxylic acids is 1. The minimum atomic E-state index is -0.997. The quantitative estimate of drug-likeness (QED) is 0.819. The Morgan fingerprint density at radius 2 is 2.10 bits per heavy atom. The second-order valence-electron chi connectivity index (χ2n) is 5.89. The molecule has 0 aliphatic carbocycles. The summed E-state index contributed by atoms with van der Waals surface area (Å²) in [6.45, 7) is 9.16. The first kappa shape index (κ1) is 16.4. The van der Waals surface area contributed by atoms with Gasteiger partial charge in [0.1, 0.15) is 0 Å². The van der Waals surface area contributed by atoms with Crippen LogP contribution < -0.4 is 5.32 Å². The SMILES string of the molecule is CC(CNC(=O)c1csc(/C=C/C(=O)O)c1)C(C)(C)C. The maximum absolute atomic E-state index is 12.0. The van der Waals surface area contributed by atoms with Gasteiger partial charge in [0, 0.05) is 22.9 Å². The van der Waals surface area contributed by atoms with Gasteiger partial charge in [-0.3, -0.25) is 4.79 Å². The van der Waals surface area contributed by atoms with Crippen LogP contribution >= 0.6 is 11.3 Å². The average molecular weight is 295 g/mol. The van der Waals surface area contributed by atoms with Crippen molar-refractivity contribution in [1.29, 1.82) is 0 Å². The van der Waals surface area contributed by atoms with E-state index in [0.717, 1.165) is 11.0 Å². The molecular formula is C15H21NO3S. The summed E-state index contributed by atoms with van der Waals surface area (Å²) in [6.07, 6.45) is 2.55. The Morgan fingerprint density at radius 1 is 1.45 bits per heavy atom. The van der Waals surface area contributed by atoms with E-state index in [4.69, 9.17) is 5.11 Å². The molecule has 1 aromatic rings. The summed E-state index contributed by atoms with van der Waals surface area (Å²) in [7, 11) is 0. The van der Waals surface area contributed by atoms with Crippen molar-refractivity contribution in [2.75, 3.05) is 6.54 Å². The summed E-state index contributed by atoms with van der Waals surface area (Å²) in [4.78, 5) is 23.2. The highest BCUT2D eigenvalue weighted by Crippen LogP contribution is 2.24. The molecule has 2 N–H and O–H groups in total. The van der Waals surface area contributed by atoms with Crippen LogP contribution in [0.3, 0.4) is 0 Å². The summed E-state index contributed by atoms with van der Waals surface area (Å²) < 4.78 is 0. The molecule has 0 fully saturated rings. The van der Waals surface area contributed by atoms with Gasteiger partial charge in [0.15, 0.2) is 0 Å². The Balaban J connectivity index is 2.59. The number of amides is 1. The number of hydrogen-bond donors (Lipinski definition) is 2. The summed E-state index contributed by atoms with van der Waals surface area (Å²) in [6, 6.07) is 1.70. The zero-order valence-corrected chi connectivity index (χ0v) is 13.1. The topological polar surface area (TPSA) is 66.4 Å². The molecule has 0 spiro atoms. The van der Waals surface area contributed by atoms with E-state index in [1.807, 2.05) is 0 Å². The van der Waals surface area contributed by atoms with Crippen LogP contribution in [0, 0.1) is 11.3 Å². The number of aliphatic carboxylic acids is 1. The maximum Gasteiger partial charge on any atom is 0.328 e. The molecule has 1 atom stereocenters. The molecule has 1 amide bonds. The lowest BCUT2D eigenvalue weighted by atomic mass is 9.82. The van der Waals surface area contributed by atoms with Crippen molar-refractivity contribution in [3.63, 3.8) is 0 Å². The first-order valence-electron chi connectivity index (χ1n) is 6.48. The zero-order valence-electron chi connectivity index (χ0n) is 12.3. The third-order valence-corrected chi connectivity index (χ3v) is 4.22. The molecule has 0 saturated heterocycles. The Hall–Kier alpha value is -1.62. The lowest BCUT2D eigenvalue weighted by Gasteiger charge is -2.27. The Morgan fingerprint density at radius 3 is 2.65 bits per heavy atom. The van der Waals surface area contributed by atoms with E-state index < -0.39 is 5.97 Å². The molecule has 5 heteroatoms. The molecule has 0 aliphatic heterocycles. The number of carbonyl (C=O) groups is 2. The van der Waals surface area contributed by atoms with Crippen molar-refractivity contribution < 1.29 is 14.7 Å². The van der Waals surface area contributed by atoms with Crippen LogP contribution in [0.1, 0.15) is 42.9 Å². The van der Waals surface area contributed by atoms with Gasteiger partial charge in [-0.15, -0.1) is 11.3 Å². The fourth-order valence-corrected chi connectivity index (χ4v) is 2.15. The third kappa shape index (κ3) is 5.17. The minimum Gasteiger partial charge on any atom is -0.478 e. The van der Waals surface area contributed by atoms with E-state index in [9.17, 15) is 9.59 Å². The number of carbonyl (C=O) groups excluding carboxylic acids is 1. The van der Waals surface area contributed by atoms with E-state index in [0.29, 0.717) is 18.0 Å². The Bertz CT molecular complexity index is 511. The van der Waals surface area contributed by atoms with Crippen molar-refractivity contribution in [2.24, 2.45) is 11.3 Å². The van der Waals surface area contributed by atoms with Crippen LogP contribution in [0.15, 0.2) is 17.5 Å². The highest BCUT2D eigenvalue weighted by Gasteiger charge is 2.20. The molecule has 0 aliphatic rings. The predicted molar refractivity (Wildman–Crippen MR) is 81.9 cm³/mol. The molecule has 0 bridgehead atoms. The molecule has 1 aromatic heterocycles. The van der Waals surface area contributed by atoms with Crippen LogP contribution in [-0.2, 0) is 4.79 Å². The standard InChI is InChI=1S/C15H21NO3S/c1-10(15(2,3)4)8-16-14(19)11-7-12(20-9-11)5-6-13(17)18/h5-7,9-10H,8H2,1-4H3,(H,16,19)(H,17,18)/b6-5+. The fourth-order valence-electron chi connectivity index (χ4n) is 1.37. The van der Waals surface area contributed by atoms with Crippen LogP contribution in [-0.4, -0.2) is 23.5 Å². The number of nitrogens with one attached hydrogen (secondary N) is 1. The first-order valence-corrected chi connectivity index (χ1v) is 7.36. The van der Waals surface area contributed by atoms with Crippen molar-refractivity contribution >= 4 is 29.3 Å². The van der Waals surface area contributed by atoms with Gasteiger partial charge in [-0.1, -0.05) is 27.7 Å². The van der Waals surface area contributed by atoms with Gasteiger partial charge >= 0.3 is 5.97 Å². The van der Waals surface area contributed by atoms with Gasteiger partial charge in [0.25, 0.3) is 5.91 Å². The molecule has 0 aromatic carbocycles. The first-order chi connectivity index (χ1) is 9.20. The van der Waals surface area contributed by atoms with Gasteiger partial charge in [0.2, 0.25) is 0 Å². The summed E-state index contributed by atoms with van der Waals surface area (Å²) in [5, 5.41) is 13.2. The fraction of sp³-hybridized carbons (Fsp3) is 0.467. The molecule has 1 unspecified atom stereocenters. The van der Waals surface area contributed by atoms with Gasteiger partial charge < -0.3 is 10.4 Å². The van der Waals surface area contributed by atoms with Gasteiger partial charge in [-0.2, -0.15) is 0 Å². The molecular weight excluding hydrogens is 274 g/mol. The van der Waals surface area contributed by atoms with Crippen LogP contribution in [0.4, 0.5) is 0 Å². The lowest BCUT2D eigenvalue weighted by Crippen LogP contribution is -2.33. The molecule has 110 valence electrons. The number of carboxylic acid groups (broad SMARTS) is 1. The average Bonchev–Trinajstić information content (AvgIpc) is 2.80. The molecule has 4 nitrogen and oxygen atoms in total. The van der Waals surface area contributed by atoms with Crippen molar-refractivity contribution in [1.82, 2.24) is 5.32 Å². The molecule has 0 saturated carbocycles.